The molecule has 1 amide bonds. The van der Waals surface area contributed by atoms with Crippen molar-refractivity contribution in [3.05, 3.63) is 59.2 Å². The fraction of sp³-hybridized carbons (Fsp3) is 0.318. The minimum absolute atomic E-state index is 0.0832. The van der Waals surface area contributed by atoms with Gasteiger partial charge in [0.05, 0.1) is 0 Å². The number of nitrogens with zero attached hydrogens (tertiary/aromatic N) is 1. The number of anilines is 2. The molecule has 1 fully saturated rings. The van der Waals surface area contributed by atoms with Gasteiger partial charge in [-0.2, -0.15) is 0 Å². The standard InChI is InChI=1S/C22H22N2O/c1-24-14-2-3-18-12-13-20(15-21(18)24)23-22(25)19-10-8-17(9-11-19)7-6-16-4-5-16/h8-13,15-16H,2-5,14H2,1H3,(H,23,25). The van der Waals surface area contributed by atoms with Gasteiger partial charge in [0.15, 0.2) is 0 Å². The second kappa shape index (κ2) is 6.64. The second-order valence-electron chi connectivity index (χ2n) is 6.94. The number of benzene rings is 2. The van der Waals surface area contributed by atoms with Crippen molar-refractivity contribution in [1.29, 1.82) is 0 Å². The normalized spacial score (nSPS) is 15.8. The van der Waals surface area contributed by atoms with E-state index in [0.29, 0.717) is 11.5 Å². The molecule has 126 valence electrons. The lowest BCUT2D eigenvalue weighted by Gasteiger charge is -2.28. The van der Waals surface area contributed by atoms with Crippen LogP contribution in [0.4, 0.5) is 11.4 Å². The number of carbonyl (C=O) groups excluding carboxylic acids is 1. The van der Waals surface area contributed by atoms with Crippen LogP contribution in [0.2, 0.25) is 0 Å². The fourth-order valence-corrected chi connectivity index (χ4v) is 3.16. The maximum atomic E-state index is 12.5. The molecule has 1 N–H and O–H groups in total. The Hall–Kier alpha value is -2.73. The summed E-state index contributed by atoms with van der Waals surface area (Å²) < 4.78 is 0. The SMILES string of the molecule is CN1CCCc2ccc(NC(=O)c3ccc(C#CC4CC4)cc3)cc21. The number of fused-ring (bicyclic) bond motifs is 1. The molecule has 4 rings (SSSR count). The molecule has 1 heterocycles. The molecule has 0 spiro atoms. The zero-order valence-corrected chi connectivity index (χ0v) is 14.5. The minimum Gasteiger partial charge on any atom is -0.374 e. The maximum Gasteiger partial charge on any atom is 0.255 e. The maximum absolute atomic E-state index is 12.5. The first kappa shape index (κ1) is 15.8. The summed E-state index contributed by atoms with van der Waals surface area (Å²) in [6.45, 7) is 1.06. The third-order valence-corrected chi connectivity index (χ3v) is 4.84. The van der Waals surface area contributed by atoms with E-state index in [1.165, 1.54) is 30.5 Å². The third kappa shape index (κ3) is 3.69. The highest BCUT2D eigenvalue weighted by Crippen LogP contribution is 2.29. The van der Waals surface area contributed by atoms with Crippen molar-refractivity contribution >= 4 is 17.3 Å². The molecule has 3 heteroatoms. The molecule has 0 radical (unpaired) electrons. The summed E-state index contributed by atoms with van der Waals surface area (Å²) in [4.78, 5) is 14.7. The van der Waals surface area contributed by atoms with Crippen molar-refractivity contribution in [1.82, 2.24) is 0 Å². The van der Waals surface area contributed by atoms with Crippen LogP contribution in [0.1, 0.15) is 40.7 Å². The first-order valence-electron chi connectivity index (χ1n) is 8.96. The smallest absolute Gasteiger partial charge is 0.255 e. The van der Waals surface area contributed by atoms with Gasteiger partial charge in [0.25, 0.3) is 5.91 Å². The van der Waals surface area contributed by atoms with Crippen LogP contribution >= 0.6 is 0 Å². The van der Waals surface area contributed by atoms with Crippen LogP contribution < -0.4 is 10.2 Å². The van der Waals surface area contributed by atoms with E-state index in [2.05, 4.69) is 41.2 Å². The molecular formula is C22H22N2O. The monoisotopic (exact) mass is 330 g/mol. The van der Waals surface area contributed by atoms with Gasteiger partial charge in [-0.1, -0.05) is 17.9 Å². The Kier molecular flexibility index (Phi) is 4.19. The van der Waals surface area contributed by atoms with Gasteiger partial charge in [0.2, 0.25) is 0 Å². The molecule has 1 aliphatic carbocycles. The molecule has 3 nitrogen and oxygen atoms in total. The molecule has 0 unspecified atom stereocenters. The lowest BCUT2D eigenvalue weighted by atomic mass is 10.0. The van der Waals surface area contributed by atoms with E-state index < -0.39 is 0 Å². The summed E-state index contributed by atoms with van der Waals surface area (Å²) in [6, 6.07) is 13.7. The zero-order chi connectivity index (χ0) is 17.2. The number of hydrogen-bond donors (Lipinski definition) is 1. The highest BCUT2D eigenvalue weighted by atomic mass is 16.1. The minimum atomic E-state index is -0.0832. The van der Waals surface area contributed by atoms with Crippen LogP contribution in [0.3, 0.4) is 0 Å². The summed E-state index contributed by atoms with van der Waals surface area (Å²) in [7, 11) is 2.10. The van der Waals surface area contributed by atoms with E-state index >= 15 is 0 Å². The summed E-state index contributed by atoms with van der Waals surface area (Å²) in [5, 5.41) is 3.01. The Morgan fingerprint density at radius 1 is 1.16 bits per heavy atom. The zero-order valence-electron chi connectivity index (χ0n) is 14.5. The van der Waals surface area contributed by atoms with Crippen molar-refractivity contribution < 1.29 is 4.79 Å². The highest BCUT2D eigenvalue weighted by Gasteiger charge is 2.18. The Balaban J connectivity index is 1.46. The first-order chi connectivity index (χ1) is 12.2. The molecule has 2 aliphatic rings. The van der Waals surface area contributed by atoms with Gasteiger partial charge >= 0.3 is 0 Å². The van der Waals surface area contributed by atoms with Crippen molar-refractivity contribution in [2.24, 2.45) is 5.92 Å². The van der Waals surface area contributed by atoms with Gasteiger partial charge in [-0.15, -0.1) is 0 Å². The molecular weight excluding hydrogens is 308 g/mol. The lowest BCUT2D eigenvalue weighted by molar-refractivity contribution is 0.102. The Labute approximate surface area is 149 Å². The molecule has 0 saturated heterocycles. The largest absolute Gasteiger partial charge is 0.374 e. The predicted octanol–water partition coefficient (Wildman–Crippen LogP) is 4.08. The number of nitrogens with one attached hydrogen (secondary N) is 1. The van der Waals surface area contributed by atoms with Crippen molar-refractivity contribution in [3.63, 3.8) is 0 Å². The molecule has 25 heavy (non-hydrogen) atoms. The van der Waals surface area contributed by atoms with E-state index in [0.717, 1.165) is 24.2 Å². The quantitative estimate of drug-likeness (QED) is 0.842. The molecule has 0 aromatic heterocycles. The van der Waals surface area contributed by atoms with Crippen LogP contribution in [0.5, 0.6) is 0 Å². The van der Waals surface area contributed by atoms with Gasteiger partial charge in [-0.3, -0.25) is 4.79 Å². The number of carbonyl (C=O) groups is 1. The number of hydrogen-bond acceptors (Lipinski definition) is 2. The molecule has 2 aromatic rings. The van der Waals surface area contributed by atoms with Crippen LogP contribution in [-0.2, 0) is 6.42 Å². The van der Waals surface area contributed by atoms with Crippen LogP contribution in [0.15, 0.2) is 42.5 Å². The second-order valence-corrected chi connectivity index (χ2v) is 6.94. The van der Waals surface area contributed by atoms with Gasteiger partial charge in [-0.05, 0) is 67.6 Å². The number of aryl methyl sites for hydroxylation is 1. The van der Waals surface area contributed by atoms with E-state index in [4.69, 9.17) is 0 Å². The average molecular weight is 330 g/mol. The predicted molar refractivity (Wildman–Crippen MR) is 102 cm³/mol. The van der Waals surface area contributed by atoms with Crippen LogP contribution in [0.25, 0.3) is 0 Å². The molecule has 2 aromatic carbocycles. The van der Waals surface area contributed by atoms with E-state index in [1.807, 2.05) is 30.3 Å². The van der Waals surface area contributed by atoms with Crippen LogP contribution in [0, 0.1) is 17.8 Å². The molecule has 1 aliphatic heterocycles. The van der Waals surface area contributed by atoms with Crippen molar-refractivity contribution in [2.75, 3.05) is 23.8 Å². The van der Waals surface area contributed by atoms with Gasteiger partial charge in [0, 0.05) is 42.0 Å². The topological polar surface area (TPSA) is 32.3 Å². The van der Waals surface area contributed by atoms with Crippen molar-refractivity contribution in [3.8, 4) is 11.8 Å². The summed E-state index contributed by atoms with van der Waals surface area (Å²) in [6.07, 6.45) is 4.75. The fourth-order valence-electron chi connectivity index (χ4n) is 3.16. The van der Waals surface area contributed by atoms with Crippen molar-refractivity contribution in [2.45, 2.75) is 25.7 Å². The Bertz CT molecular complexity index is 854. The number of rotatable bonds is 2. The Morgan fingerprint density at radius 2 is 1.96 bits per heavy atom. The average Bonchev–Trinajstić information content (AvgIpc) is 3.45. The molecule has 1 saturated carbocycles. The lowest BCUT2D eigenvalue weighted by Crippen LogP contribution is -2.24. The molecule has 0 bridgehead atoms. The van der Waals surface area contributed by atoms with Gasteiger partial charge < -0.3 is 10.2 Å². The summed E-state index contributed by atoms with van der Waals surface area (Å²) >= 11 is 0. The van der Waals surface area contributed by atoms with E-state index in [9.17, 15) is 4.79 Å². The van der Waals surface area contributed by atoms with E-state index in [1.54, 1.807) is 0 Å². The van der Waals surface area contributed by atoms with E-state index in [-0.39, 0.29) is 5.91 Å². The molecule has 0 atom stereocenters. The van der Waals surface area contributed by atoms with Crippen LogP contribution in [-0.4, -0.2) is 19.5 Å². The number of amides is 1. The summed E-state index contributed by atoms with van der Waals surface area (Å²) in [5.41, 5.74) is 5.04. The Morgan fingerprint density at radius 3 is 2.72 bits per heavy atom. The first-order valence-corrected chi connectivity index (χ1v) is 8.96. The summed E-state index contributed by atoms with van der Waals surface area (Å²) in [5.74, 6) is 6.92. The highest BCUT2D eigenvalue weighted by molar-refractivity contribution is 6.04. The third-order valence-electron chi connectivity index (χ3n) is 4.84. The van der Waals surface area contributed by atoms with Gasteiger partial charge in [0.1, 0.15) is 0 Å². The van der Waals surface area contributed by atoms with Gasteiger partial charge in [-0.25, -0.2) is 0 Å².